The van der Waals surface area contributed by atoms with Crippen LogP contribution in [0.4, 0.5) is 0 Å². The van der Waals surface area contributed by atoms with E-state index in [1.54, 1.807) is 24.3 Å². The fourth-order valence-electron chi connectivity index (χ4n) is 2.71. The van der Waals surface area contributed by atoms with Gasteiger partial charge in [-0.3, -0.25) is 9.36 Å². The van der Waals surface area contributed by atoms with Gasteiger partial charge in [0.1, 0.15) is 22.8 Å². The summed E-state index contributed by atoms with van der Waals surface area (Å²) in [6.45, 7) is 1.94. The Bertz CT molecular complexity index is 747. The molecule has 132 valence electrons. The molecule has 0 heterocycles. The summed E-state index contributed by atoms with van der Waals surface area (Å²) in [6, 6.07) is 10.5. The quantitative estimate of drug-likeness (QED) is 0.505. The van der Waals surface area contributed by atoms with Crippen LogP contribution in [0, 0.1) is 0 Å². The molecule has 0 saturated heterocycles. The Labute approximate surface area is 149 Å². The third kappa shape index (κ3) is 3.83. The Kier molecular flexibility index (Phi) is 6.54. The molecular formula is C19H21O5P. The van der Waals surface area contributed by atoms with Gasteiger partial charge in [-0.1, -0.05) is 31.2 Å². The molecule has 5 nitrogen and oxygen atoms in total. The molecule has 1 unspecified atom stereocenters. The van der Waals surface area contributed by atoms with Crippen molar-refractivity contribution in [1.82, 2.24) is 0 Å². The number of carbonyl (C=O) groups excluding carboxylic acids is 1. The molecule has 0 aromatic heterocycles. The summed E-state index contributed by atoms with van der Waals surface area (Å²) in [5.74, 6) is 1.02. The summed E-state index contributed by atoms with van der Waals surface area (Å²) in [6.07, 6.45) is 0.659. The fraction of sp³-hybridized carbons (Fsp3) is 0.316. The van der Waals surface area contributed by atoms with E-state index in [0.29, 0.717) is 34.8 Å². The number of methoxy groups -OCH3 is 3. The summed E-state index contributed by atoms with van der Waals surface area (Å²) in [7, 11) is 4.49. The van der Waals surface area contributed by atoms with Gasteiger partial charge in [0.25, 0.3) is 0 Å². The molecule has 0 saturated carbocycles. The zero-order valence-corrected chi connectivity index (χ0v) is 15.6. The van der Waals surface area contributed by atoms with Crippen molar-refractivity contribution in [3.8, 4) is 17.2 Å². The van der Waals surface area contributed by atoms with Gasteiger partial charge in [-0.25, -0.2) is 0 Å². The molecule has 0 amide bonds. The number of hydrogen-bond acceptors (Lipinski definition) is 5. The SMILES string of the molecule is CCC(P=O)c1ccccc1C(=O)c1c(OC)cc(OC)cc1OC. The molecule has 1 atom stereocenters. The molecule has 0 bridgehead atoms. The lowest BCUT2D eigenvalue weighted by Crippen LogP contribution is -2.10. The van der Waals surface area contributed by atoms with Crippen LogP contribution in [-0.2, 0) is 4.57 Å². The van der Waals surface area contributed by atoms with Gasteiger partial charge in [0.05, 0.1) is 27.0 Å². The predicted molar refractivity (Wildman–Crippen MR) is 96.6 cm³/mol. The van der Waals surface area contributed by atoms with E-state index in [4.69, 9.17) is 14.2 Å². The second kappa shape index (κ2) is 8.63. The van der Waals surface area contributed by atoms with Gasteiger partial charge in [-0.15, -0.1) is 0 Å². The van der Waals surface area contributed by atoms with E-state index in [1.165, 1.54) is 21.3 Å². The van der Waals surface area contributed by atoms with Crippen molar-refractivity contribution >= 4 is 14.2 Å². The molecule has 0 spiro atoms. The van der Waals surface area contributed by atoms with Crippen LogP contribution in [-0.4, -0.2) is 27.1 Å². The highest BCUT2D eigenvalue weighted by Crippen LogP contribution is 2.38. The Morgan fingerprint density at radius 2 is 1.64 bits per heavy atom. The van der Waals surface area contributed by atoms with E-state index in [-0.39, 0.29) is 19.9 Å². The molecule has 25 heavy (non-hydrogen) atoms. The maximum Gasteiger partial charge on any atom is 0.200 e. The first-order valence-electron chi connectivity index (χ1n) is 7.87. The number of rotatable bonds is 8. The van der Waals surface area contributed by atoms with Crippen LogP contribution in [0.2, 0.25) is 0 Å². The number of ether oxygens (including phenoxy) is 3. The monoisotopic (exact) mass is 360 g/mol. The van der Waals surface area contributed by atoms with E-state index < -0.39 is 0 Å². The maximum atomic E-state index is 13.3. The number of ketones is 1. The van der Waals surface area contributed by atoms with Crippen LogP contribution in [0.5, 0.6) is 17.2 Å². The first kappa shape index (κ1) is 18.9. The van der Waals surface area contributed by atoms with Crippen molar-refractivity contribution < 1.29 is 23.6 Å². The Balaban J connectivity index is 2.65. The minimum Gasteiger partial charge on any atom is -0.496 e. The van der Waals surface area contributed by atoms with Crippen LogP contribution in [0.3, 0.4) is 0 Å². The van der Waals surface area contributed by atoms with Crippen molar-refractivity contribution in [1.29, 1.82) is 0 Å². The standard InChI is InChI=1S/C19H21O5P/c1-5-17(25-21)13-8-6-7-9-14(13)19(20)18-15(23-3)10-12(22-2)11-16(18)24-4/h6-11,17H,5H2,1-4H3. The molecule has 6 heteroatoms. The molecule has 2 rings (SSSR count). The van der Waals surface area contributed by atoms with Gasteiger partial charge in [0, 0.05) is 17.7 Å². The highest BCUT2D eigenvalue weighted by Gasteiger charge is 2.25. The van der Waals surface area contributed by atoms with Crippen LogP contribution in [0.15, 0.2) is 36.4 Å². The Morgan fingerprint density at radius 3 is 2.12 bits per heavy atom. The fourth-order valence-corrected chi connectivity index (χ4v) is 3.20. The Hall–Kier alpha value is -2.39. The molecule has 0 aliphatic heterocycles. The van der Waals surface area contributed by atoms with Crippen molar-refractivity contribution in [2.45, 2.75) is 19.0 Å². The van der Waals surface area contributed by atoms with Crippen LogP contribution in [0.25, 0.3) is 0 Å². The van der Waals surface area contributed by atoms with Crippen molar-refractivity contribution in [3.63, 3.8) is 0 Å². The first-order chi connectivity index (χ1) is 12.1. The molecule has 0 radical (unpaired) electrons. The minimum absolute atomic E-state index is 0.0138. The van der Waals surface area contributed by atoms with Crippen molar-refractivity contribution in [3.05, 3.63) is 53.1 Å². The summed E-state index contributed by atoms with van der Waals surface area (Å²) < 4.78 is 27.5. The highest BCUT2D eigenvalue weighted by molar-refractivity contribution is 7.24. The normalized spacial score (nSPS) is 11.8. The largest absolute Gasteiger partial charge is 0.496 e. The van der Waals surface area contributed by atoms with Crippen LogP contribution in [0.1, 0.15) is 40.5 Å². The van der Waals surface area contributed by atoms with Gasteiger partial charge >= 0.3 is 0 Å². The molecule has 2 aromatic rings. The molecule has 0 aliphatic rings. The second-order valence-electron chi connectivity index (χ2n) is 5.35. The smallest absolute Gasteiger partial charge is 0.200 e. The maximum absolute atomic E-state index is 13.3. The third-order valence-corrected chi connectivity index (χ3v) is 4.92. The second-order valence-corrected chi connectivity index (χ2v) is 6.19. The topological polar surface area (TPSA) is 61.8 Å². The highest BCUT2D eigenvalue weighted by atomic mass is 31.1. The number of carbonyl (C=O) groups is 1. The van der Waals surface area contributed by atoms with E-state index in [1.807, 2.05) is 19.1 Å². The van der Waals surface area contributed by atoms with Crippen molar-refractivity contribution in [2.75, 3.05) is 21.3 Å². The predicted octanol–water partition coefficient (Wildman–Crippen LogP) is 4.69. The lowest BCUT2D eigenvalue weighted by Gasteiger charge is -2.17. The number of hydrogen-bond donors (Lipinski definition) is 0. The lowest BCUT2D eigenvalue weighted by molar-refractivity contribution is 0.103. The average Bonchev–Trinajstić information content (AvgIpc) is 2.67. The van der Waals surface area contributed by atoms with Gasteiger partial charge in [0.15, 0.2) is 8.46 Å². The van der Waals surface area contributed by atoms with E-state index in [0.717, 1.165) is 5.56 Å². The summed E-state index contributed by atoms with van der Waals surface area (Å²) in [4.78, 5) is 13.3. The molecular weight excluding hydrogens is 339 g/mol. The summed E-state index contributed by atoms with van der Waals surface area (Å²) in [5, 5.41) is 0. The van der Waals surface area contributed by atoms with Gasteiger partial charge in [0.2, 0.25) is 5.78 Å². The van der Waals surface area contributed by atoms with E-state index in [2.05, 4.69) is 0 Å². The number of benzene rings is 2. The van der Waals surface area contributed by atoms with Gasteiger partial charge < -0.3 is 14.2 Å². The van der Waals surface area contributed by atoms with Crippen molar-refractivity contribution in [2.24, 2.45) is 0 Å². The summed E-state index contributed by atoms with van der Waals surface area (Å²) in [5.41, 5.74) is 1.30. The van der Waals surface area contributed by atoms with Crippen LogP contribution < -0.4 is 14.2 Å². The minimum atomic E-state index is -0.242. The third-order valence-electron chi connectivity index (χ3n) is 4.02. The van der Waals surface area contributed by atoms with Gasteiger partial charge in [-0.2, -0.15) is 0 Å². The van der Waals surface area contributed by atoms with Gasteiger partial charge in [-0.05, 0) is 12.0 Å². The van der Waals surface area contributed by atoms with E-state index in [9.17, 15) is 9.36 Å². The Morgan fingerprint density at radius 1 is 1.04 bits per heavy atom. The summed E-state index contributed by atoms with van der Waals surface area (Å²) >= 11 is 0. The zero-order valence-electron chi connectivity index (χ0n) is 14.7. The lowest BCUT2D eigenvalue weighted by atomic mass is 9.94. The molecule has 0 aliphatic carbocycles. The first-order valence-corrected chi connectivity index (χ1v) is 8.75. The molecule has 0 N–H and O–H groups in total. The zero-order chi connectivity index (χ0) is 18.4. The average molecular weight is 360 g/mol. The molecule has 2 aromatic carbocycles. The molecule has 0 fully saturated rings. The van der Waals surface area contributed by atoms with E-state index >= 15 is 0 Å². The van der Waals surface area contributed by atoms with Crippen LogP contribution >= 0.6 is 8.46 Å².